The molecule has 0 aliphatic carbocycles. The van der Waals surface area contributed by atoms with Crippen molar-refractivity contribution in [1.82, 2.24) is 5.43 Å². The van der Waals surface area contributed by atoms with Gasteiger partial charge >= 0.3 is 11.9 Å². The van der Waals surface area contributed by atoms with Gasteiger partial charge in [0.1, 0.15) is 11.5 Å². The monoisotopic (exact) mass is 671 g/mol. The van der Waals surface area contributed by atoms with E-state index in [9.17, 15) is 19.2 Å². The molecule has 0 unspecified atom stereocenters. The molecule has 0 radical (unpaired) electrons. The highest BCUT2D eigenvalue weighted by atomic mass is 35.5. The van der Waals surface area contributed by atoms with Crippen LogP contribution in [0.2, 0.25) is 20.1 Å². The van der Waals surface area contributed by atoms with Crippen LogP contribution in [-0.2, 0) is 4.79 Å². The molecule has 0 aromatic heterocycles. The molecule has 13 heteroatoms. The van der Waals surface area contributed by atoms with Crippen LogP contribution < -0.4 is 20.2 Å². The summed E-state index contributed by atoms with van der Waals surface area (Å²) in [6.45, 7) is 1.73. The van der Waals surface area contributed by atoms with Gasteiger partial charge in [-0.05, 0) is 72.8 Å². The number of hydrogen-bond donors (Lipinski definition) is 2. The molecule has 224 valence electrons. The number of amides is 2. The first-order chi connectivity index (χ1) is 21.0. The van der Waals surface area contributed by atoms with Gasteiger partial charge in [0.15, 0.2) is 0 Å². The van der Waals surface area contributed by atoms with Crippen molar-refractivity contribution in [3.05, 3.63) is 121 Å². The van der Waals surface area contributed by atoms with Gasteiger partial charge in [-0.1, -0.05) is 53.3 Å². The van der Waals surface area contributed by atoms with Gasteiger partial charge in [0, 0.05) is 39.3 Å². The van der Waals surface area contributed by atoms with Gasteiger partial charge < -0.3 is 14.8 Å². The fourth-order valence-electron chi connectivity index (χ4n) is 3.58. The summed E-state index contributed by atoms with van der Waals surface area (Å²) in [7, 11) is 0. The smallest absolute Gasteiger partial charge is 0.345 e. The van der Waals surface area contributed by atoms with Gasteiger partial charge in [-0.3, -0.25) is 9.59 Å². The molecule has 0 aliphatic rings. The van der Waals surface area contributed by atoms with Crippen molar-refractivity contribution >= 4 is 82.1 Å². The van der Waals surface area contributed by atoms with E-state index in [2.05, 4.69) is 15.8 Å². The third kappa shape index (κ3) is 8.58. The SMILES string of the molecule is CCC(=O)Nc1ccc(C(=O)N/N=C\c2ccc(OC(=O)c3ccc(Cl)cc3Cl)cc2OC(=O)c2ccc(Cl)cc2Cl)cc1. The molecule has 0 bridgehead atoms. The van der Waals surface area contributed by atoms with Crippen molar-refractivity contribution in [2.75, 3.05) is 5.32 Å². The Labute approximate surface area is 271 Å². The number of nitrogens with one attached hydrogen (secondary N) is 2. The number of ether oxygens (including phenoxy) is 2. The highest BCUT2D eigenvalue weighted by Crippen LogP contribution is 2.29. The quantitative estimate of drug-likeness (QED) is 0.0808. The summed E-state index contributed by atoms with van der Waals surface area (Å²) in [6.07, 6.45) is 1.56. The molecule has 9 nitrogen and oxygen atoms in total. The van der Waals surface area contributed by atoms with Crippen molar-refractivity contribution < 1.29 is 28.7 Å². The number of halogens is 4. The minimum atomic E-state index is -0.829. The minimum absolute atomic E-state index is 0.0162. The van der Waals surface area contributed by atoms with E-state index < -0.39 is 17.8 Å². The van der Waals surface area contributed by atoms with Crippen LogP contribution in [0.25, 0.3) is 0 Å². The first kappa shape index (κ1) is 32.5. The number of rotatable bonds is 9. The predicted molar refractivity (Wildman–Crippen MR) is 170 cm³/mol. The molecule has 4 aromatic carbocycles. The average Bonchev–Trinajstić information content (AvgIpc) is 2.98. The summed E-state index contributed by atoms with van der Waals surface area (Å²) in [5.41, 5.74) is 3.54. The molecule has 0 saturated heterocycles. The van der Waals surface area contributed by atoms with Crippen LogP contribution in [0.5, 0.6) is 11.5 Å². The Hall–Kier alpha value is -4.41. The molecule has 0 spiro atoms. The van der Waals surface area contributed by atoms with Crippen LogP contribution in [-0.4, -0.2) is 30.0 Å². The predicted octanol–water partition coefficient (Wildman–Crippen LogP) is 7.85. The Morgan fingerprint density at radius 1 is 0.750 bits per heavy atom. The lowest BCUT2D eigenvalue weighted by Crippen LogP contribution is -2.18. The fourth-order valence-corrected chi connectivity index (χ4v) is 4.55. The van der Waals surface area contributed by atoms with Gasteiger partial charge in [-0.25, -0.2) is 15.0 Å². The molecule has 0 aliphatic heterocycles. The minimum Gasteiger partial charge on any atom is -0.423 e. The maximum atomic E-state index is 13.0. The van der Waals surface area contributed by atoms with E-state index >= 15 is 0 Å². The molecular weight excluding hydrogens is 652 g/mol. The van der Waals surface area contributed by atoms with E-state index in [1.54, 1.807) is 19.1 Å². The summed E-state index contributed by atoms with van der Waals surface area (Å²) >= 11 is 24.1. The van der Waals surface area contributed by atoms with Crippen molar-refractivity contribution in [1.29, 1.82) is 0 Å². The number of carbonyl (C=O) groups is 4. The molecule has 0 fully saturated rings. The van der Waals surface area contributed by atoms with Crippen LogP contribution in [0.3, 0.4) is 0 Å². The summed E-state index contributed by atoms with van der Waals surface area (Å²) in [4.78, 5) is 49.9. The maximum Gasteiger partial charge on any atom is 0.345 e. The first-order valence-corrected chi connectivity index (χ1v) is 14.3. The van der Waals surface area contributed by atoms with Crippen molar-refractivity contribution in [2.24, 2.45) is 5.10 Å². The highest BCUT2D eigenvalue weighted by Gasteiger charge is 2.18. The molecule has 2 N–H and O–H groups in total. The lowest BCUT2D eigenvalue weighted by Gasteiger charge is -2.12. The van der Waals surface area contributed by atoms with E-state index in [1.807, 2.05) is 0 Å². The van der Waals surface area contributed by atoms with Crippen molar-refractivity contribution in [3.8, 4) is 11.5 Å². The number of benzene rings is 4. The summed E-state index contributed by atoms with van der Waals surface area (Å²) in [6, 6.07) is 18.9. The van der Waals surface area contributed by atoms with E-state index in [1.165, 1.54) is 72.9 Å². The number of esters is 2. The molecule has 4 aromatic rings. The second-order valence-corrected chi connectivity index (χ2v) is 10.6. The van der Waals surface area contributed by atoms with Gasteiger partial charge in [-0.15, -0.1) is 0 Å². The van der Waals surface area contributed by atoms with E-state index in [0.717, 1.165) is 0 Å². The Morgan fingerprint density at radius 3 is 1.91 bits per heavy atom. The van der Waals surface area contributed by atoms with E-state index in [0.29, 0.717) is 22.2 Å². The number of nitrogens with zero attached hydrogens (tertiary/aromatic N) is 1. The lowest BCUT2D eigenvalue weighted by molar-refractivity contribution is -0.115. The zero-order chi connectivity index (χ0) is 31.8. The van der Waals surface area contributed by atoms with Crippen LogP contribution in [0.4, 0.5) is 5.69 Å². The number of anilines is 1. The zero-order valence-electron chi connectivity index (χ0n) is 22.7. The largest absolute Gasteiger partial charge is 0.423 e. The Bertz CT molecular complexity index is 1780. The molecular formula is C31H21Cl4N3O6. The second kappa shape index (κ2) is 14.9. The van der Waals surface area contributed by atoms with Crippen LogP contribution in [0, 0.1) is 0 Å². The fraction of sp³-hybridized carbons (Fsp3) is 0.0645. The van der Waals surface area contributed by atoms with Crippen molar-refractivity contribution in [3.63, 3.8) is 0 Å². The number of carbonyl (C=O) groups excluding carboxylic acids is 4. The van der Waals surface area contributed by atoms with Gasteiger partial charge in [0.05, 0.1) is 27.4 Å². The summed E-state index contributed by atoms with van der Waals surface area (Å²) in [5.74, 6) is -2.35. The molecule has 0 heterocycles. The van der Waals surface area contributed by atoms with Gasteiger partial charge in [0.25, 0.3) is 5.91 Å². The van der Waals surface area contributed by atoms with Gasteiger partial charge in [0.2, 0.25) is 5.91 Å². The Morgan fingerprint density at radius 2 is 1.34 bits per heavy atom. The third-order valence-corrected chi connectivity index (χ3v) is 6.92. The first-order valence-electron chi connectivity index (χ1n) is 12.8. The Kier molecular flexibility index (Phi) is 11.0. The van der Waals surface area contributed by atoms with E-state index in [-0.39, 0.29) is 49.7 Å². The molecule has 0 saturated carbocycles. The maximum absolute atomic E-state index is 13.0. The molecule has 44 heavy (non-hydrogen) atoms. The van der Waals surface area contributed by atoms with Gasteiger partial charge in [-0.2, -0.15) is 5.10 Å². The van der Waals surface area contributed by atoms with Crippen LogP contribution in [0.15, 0.2) is 84.0 Å². The van der Waals surface area contributed by atoms with Crippen molar-refractivity contribution in [2.45, 2.75) is 13.3 Å². The van der Waals surface area contributed by atoms with E-state index in [4.69, 9.17) is 55.9 Å². The summed E-state index contributed by atoms with van der Waals surface area (Å²) in [5, 5.41) is 7.47. The zero-order valence-corrected chi connectivity index (χ0v) is 25.7. The topological polar surface area (TPSA) is 123 Å². The summed E-state index contributed by atoms with van der Waals surface area (Å²) < 4.78 is 11.0. The lowest BCUT2D eigenvalue weighted by atomic mass is 10.2. The second-order valence-electron chi connectivity index (χ2n) is 8.91. The third-order valence-electron chi connectivity index (χ3n) is 5.82. The highest BCUT2D eigenvalue weighted by molar-refractivity contribution is 6.37. The normalized spacial score (nSPS) is 10.8. The molecule has 4 rings (SSSR count). The Balaban J connectivity index is 1.55. The molecule has 0 atom stereocenters. The number of hydrazone groups is 1. The van der Waals surface area contributed by atoms with Crippen LogP contribution in [0.1, 0.15) is 50.0 Å². The number of hydrogen-bond acceptors (Lipinski definition) is 7. The standard InChI is InChI=1S/C31H21Cl4N3O6/c1-2-28(39)37-21-8-3-17(4-9-21)29(40)38-36-16-18-5-10-22(43-30(41)23-11-6-19(32)13-25(23)34)15-27(18)44-31(42)24-12-7-20(33)14-26(24)35/h3-16H,2H2,1H3,(H,37,39)(H,38,40)/b36-16-. The van der Waals surface area contributed by atoms with Crippen LogP contribution >= 0.6 is 46.4 Å². The molecule has 2 amide bonds. The average molecular weight is 673 g/mol.